The van der Waals surface area contributed by atoms with E-state index in [1.165, 1.54) is 6.07 Å². The Morgan fingerprint density at radius 2 is 1.81 bits per heavy atom. The Kier molecular flexibility index (Phi) is 4.52. The summed E-state index contributed by atoms with van der Waals surface area (Å²) in [5, 5.41) is 5.53. The van der Waals surface area contributed by atoms with Crippen LogP contribution in [0.3, 0.4) is 0 Å². The van der Waals surface area contributed by atoms with Gasteiger partial charge in [-0.2, -0.15) is 0 Å². The highest BCUT2D eigenvalue weighted by atomic mass is 19.2. The van der Waals surface area contributed by atoms with Crippen molar-refractivity contribution < 1.29 is 13.6 Å². The molecule has 0 aliphatic rings. The molecular formula is C16H16F2N2O. The molecule has 0 radical (unpaired) electrons. The third kappa shape index (κ3) is 4.02. The van der Waals surface area contributed by atoms with Gasteiger partial charge in [0, 0.05) is 17.4 Å². The maximum absolute atomic E-state index is 13.0. The lowest BCUT2D eigenvalue weighted by Gasteiger charge is -2.10. The van der Waals surface area contributed by atoms with Gasteiger partial charge in [0.1, 0.15) is 0 Å². The smallest absolute Gasteiger partial charge is 0.243 e. The number of carbonyl (C=O) groups excluding carboxylic acids is 1. The molecule has 21 heavy (non-hydrogen) atoms. The molecule has 3 nitrogen and oxygen atoms in total. The molecule has 0 spiro atoms. The second-order valence-corrected chi connectivity index (χ2v) is 4.85. The average Bonchev–Trinajstić information content (AvgIpc) is 2.44. The molecule has 110 valence electrons. The minimum Gasteiger partial charge on any atom is -0.376 e. The van der Waals surface area contributed by atoms with E-state index in [-0.39, 0.29) is 12.5 Å². The third-order valence-corrected chi connectivity index (χ3v) is 3.04. The van der Waals surface area contributed by atoms with Crippen molar-refractivity contribution in [1.82, 2.24) is 0 Å². The van der Waals surface area contributed by atoms with Crippen LogP contribution < -0.4 is 10.6 Å². The molecule has 0 aliphatic carbocycles. The van der Waals surface area contributed by atoms with Gasteiger partial charge >= 0.3 is 0 Å². The van der Waals surface area contributed by atoms with E-state index in [0.717, 1.165) is 28.9 Å². The number of anilines is 2. The van der Waals surface area contributed by atoms with Crippen LogP contribution in [0, 0.1) is 25.5 Å². The Morgan fingerprint density at radius 1 is 1.05 bits per heavy atom. The van der Waals surface area contributed by atoms with Crippen LogP contribution in [0.4, 0.5) is 20.2 Å². The Balaban J connectivity index is 1.95. The van der Waals surface area contributed by atoms with Crippen LogP contribution in [0.1, 0.15) is 11.1 Å². The fourth-order valence-corrected chi connectivity index (χ4v) is 1.85. The van der Waals surface area contributed by atoms with Crippen molar-refractivity contribution >= 4 is 17.3 Å². The predicted molar refractivity (Wildman–Crippen MR) is 79.4 cm³/mol. The first-order chi connectivity index (χ1) is 9.95. The maximum atomic E-state index is 13.0. The lowest BCUT2D eigenvalue weighted by atomic mass is 10.1. The normalized spacial score (nSPS) is 10.3. The van der Waals surface area contributed by atoms with Crippen molar-refractivity contribution in [2.75, 3.05) is 17.2 Å². The quantitative estimate of drug-likeness (QED) is 0.902. The van der Waals surface area contributed by atoms with E-state index in [1.54, 1.807) is 0 Å². The van der Waals surface area contributed by atoms with E-state index in [0.29, 0.717) is 5.69 Å². The van der Waals surface area contributed by atoms with Crippen molar-refractivity contribution in [1.29, 1.82) is 0 Å². The van der Waals surface area contributed by atoms with Gasteiger partial charge < -0.3 is 10.6 Å². The Morgan fingerprint density at radius 3 is 2.52 bits per heavy atom. The van der Waals surface area contributed by atoms with Crippen molar-refractivity contribution in [3.63, 3.8) is 0 Å². The summed E-state index contributed by atoms with van der Waals surface area (Å²) in [5.74, 6) is -2.12. The van der Waals surface area contributed by atoms with Crippen LogP contribution in [0.15, 0.2) is 36.4 Å². The SMILES string of the molecule is Cc1ccc(C)c(NC(=O)CNc2ccc(F)c(F)c2)c1. The van der Waals surface area contributed by atoms with Gasteiger partial charge in [0.2, 0.25) is 5.91 Å². The van der Waals surface area contributed by atoms with Crippen LogP contribution in [0.2, 0.25) is 0 Å². The molecule has 0 atom stereocenters. The molecule has 0 aliphatic heterocycles. The van der Waals surface area contributed by atoms with Gasteiger partial charge in [-0.3, -0.25) is 4.79 Å². The van der Waals surface area contributed by atoms with Gasteiger partial charge in [0.05, 0.1) is 6.54 Å². The zero-order valence-electron chi connectivity index (χ0n) is 11.8. The molecule has 1 amide bonds. The van der Waals surface area contributed by atoms with Gasteiger partial charge in [-0.15, -0.1) is 0 Å². The molecule has 0 aromatic heterocycles. The molecular weight excluding hydrogens is 274 g/mol. The molecule has 0 bridgehead atoms. The number of hydrogen-bond acceptors (Lipinski definition) is 2. The number of benzene rings is 2. The molecule has 5 heteroatoms. The highest BCUT2D eigenvalue weighted by molar-refractivity contribution is 5.94. The lowest BCUT2D eigenvalue weighted by molar-refractivity contribution is -0.114. The van der Waals surface area contributed by atoms with Gasteiger partial charge in [-0.1, -0.05) is 12.1 Å². The van der Waals surface area contributed by atoms with Gasteiger partial charge in [0.15, 0.2) is 11.6 Å². The van der Waals surface area contributed by atoms with Gasteiger partial charge in [-0.25, -0.2) is 8.78 Å². The van der Waals surface area contributed by atoms with Crippen LogP contribution in [-0.4, -0.2) is 12.5 Å². The summed E-state index contributed by atoms with van der Waals surface area (Å²) in [5.41, 5.74) is 3.10. The van der Waals surface area contributed by atoms with Crippen molar-refractivity contribution in [3.8, 4) is 0 Å². The summed E-state index contributed by atoms with van der Waals surface area (Å²) in [4.78, 5) is 11.9. The molecule has 0 saturated carbocycles. The molecule has 2 N–H and O–H groups in total. The minimum absolute atomic E-state index is 0.0293. The second-order valence-electron chi connectivity index (χ2n) is 4.85. The topological polar surface area (TPSA) is 41.1 Å². The summed E-state index contributed by atoms with van der Waals surface area (Å²) in [6.07, 6.45) is 0. The average molecular weight is 290 g/mol. The Hall–Kier alpha value is -2.43. The van der Waals surface area contributed by atoms with Crippen LogP contribution in [0.5, 0.6) is 0 Å². The highest BCUT2D eigenvalue weighted by Gasteiger charge is 2.06. The molecule has 0 saturated heterocycles. The number of halogens is 2. The zero-order chi connectivity index (χ0) is 15.4. The maximum Gasteiger partial charge on any atom is 0.243 e. The van der Waals surface area contributed by atoms with Gasteiger partial charge in [-0.05, 0) is 43.2 Å². The summed E-state index contributed by atoms with van der Waals surface area (Å²) >= 11 is 0. The second kappa shape index (κ2) is 6.35. The molecule has 2 rings (SSSR count). The van der Waals surface area contributed by atoms with E-state index >= 15 is 0 Å². The van der Waals surface area contributed by atoms with E-state index in [4.69, 9.17) is 0 Å². The molecule has 0 heterocycles. The lowest BCUT2D eigenvalue weighted by Crippen LogP contribution is -2.22. The first kappa shape index (κ1) is 15.0. The number of rotatable bonds is 4. The highest BCUT2D eigenvalue weighted by Crippen LogP contribution is 2.16. The fraction of sp³-hybridized carbons (Fsp3) is 0.188. The van der Waals surface area contributed by atoms with Crippen molar-refractivity contribution in [3.05, 3.63) is 59.2 Å². The van der Waals surface area contributed by atoms with E-state index in [2.05, 4.69) is 10.6 Å². The first-order valence-corrected chi connectivity index (χ1v) is 6.52. The number of amides is 1. The summed E-state index contributed by atoms with van der Waals surface area (Å²) in [6, 6.07) is 9.17. The van der Waals surface area contributed by atoms with Crippen LogP contribution >= 0.6 is 0 Å². The van der Waals surface area contributed by atoms with E-state index < -0.39 is 11.6 Å². The molecule has 2 aromatic rings. The Bertz CT molecular complexity index is 671. The van der Waals surface area contributed by atoms with Crippen molar-refractivity contribution in [2.24, 2.45) is 0 Å². The fourth-order valence-electron chi connectivity index (χ4n) is 1.85. The van der Waals surface area contributed by atoms with Crippen LogP contribution in [0.25, 0.3) is 0 Å². The minimum atomic E-state index is -0.949. The number of nitrogens with one attached hydrogen (secondary N) is 2. The number of carbonyl (C=O) groups is 1. The Labute approximate surface area is 122 Å². The van der Waals surface area contributed by atoms with E-state index in [9.17, 15) is 13.6 Å². The zero-order valence-corrected chi connectivity index (χ0v) is 11.8. The molecule has 0 unspecified atom stereocenters. The summed E-state index contributed by atoms with van der Waals surface area (Å²) in [7, 11) is 0. The van der Waals surface area contributed by atoms with Crippen molar-refractivity contribution in [2.45, 2.75) is 13.8 Å². The monoisotopic (exact) mass is 290 g/mol. The summed E-state index contributed by atoms with van der Waals surface area (Å²) in [6.45, 7) is 3.81. The van der Waals surface area contributed by atoms with Crippen LogP contribution in [-0.2, 0) is 4.79 Å². The van der Waals surface area contributed by atoms with Gasteiger partial charge in [0.25, 0.3) is 0 Å². The van der Waals surface area contributed by atoms with E-state index in [1.807, 2.05) is 32.0 Å². The third-order valence-electron chi connectivity index (χ3n) is 3.04. The molecule has 2 aromatic carbocycles. The largest absolute Gasteiger partial charge is 0.376 e. The number of aryl methyl sites for hydroxylation is 2. The molecule has 0 fully saturated rings. The first-order valence-electron chi connectivity index (χ1n) is 6.52. The predicted octanol–water partition coefficient (Wildman–Crippen LogP) is 3.63. The number of hydrogen-bond donors (Lipinski definition) is 2. The standard InChI is InChI=1S/C16H16F2N2O/c1-10-3-4-11(2)15(7-10)20-16(21)9-19-12-5-6-13(17)14(18)8-12/h3-8,19H,9H2,1-2H3,(H,20,21). The summed E-state index contributed by atoms with van der Waals surface area (Å²) < 4.78 is 25.8.